The second-order valence-electron chi connectivity index (χ2n) is 3.36. The van der Waals surface area contributed by atoms with Crippen LogP contribution in [0.1, 0.15) is 18.1 Å². The summed E-state index contributed by atoms with van der Waals surface area (Å²) in [6, 6.07) is 8.98. The molecule has 0 aliphatic heterocycles. The summed E-state index contributed by atoms with van der Waals surface area (Å²) in [6.07, 6.45) is 0. The van der Waals surface area contributed by atoms with Gasteiger partial charge in [-0.3, -0.25) is 4.79 Å². The van der Waals surface area contributed by atoms with Gasteiger partial charge >= 0.3 is 0 Å². The topological polar surface area (TPSA) is 88.7 Å². The van der Waals surface area contributed by atoms with Crippen LogP contribution in [-0.4, -0.2) is 19.0 Å². The number of nitrogens with zero attached hydrogens (tertiary/aromatic N) is 2. The summed E-state index contributed by atoms with van der Waals surface area (Å²) in [5, 5.41) is 23.4. The molecule has 0 bridgehead atoms. The zero-order chi connectivity index (χ0) is 12.7. The van der Waals surface area contributed by atoms with Crippen molar-refractivity contribution >= 4 is 11.6 Å². The molecule has 1 aromatic rings. The number of para-hydroxylation sites is 1. The largest absolute Gasteiger partial charge is 0.381 e. The number of carbonyl (C=O) groups excluding carboxylic acids is 1. The third-order valence-electron chi connectivity index (χ3n) is 2.11. The lowest BCUT2D eigenvalue weighted by Gasteiger charge is -2.09. The molecular formula is C12H12N4O. The van der Waals surface area contributed by atoms with E-state index in [1.165, 1.54) is 6.92 Å². The summed E-state index contributed by atoms with van der Waals surface area (Å²) in [4.78, 5) is 10.7. The van der Waals surface area contributed by atoms with Crippen molar-refractivity contribution in [2.75, 3.05) is 18.4 Å². The second kappa shape index (κ2) is 6.14. The lowest BCUT2D eigenvalue weighted by atomic mass is 10.1. The van der Waals surface area contributed by atoms with Crippen LogP contribution in [0.5, 0.6) is 0 Å². The van der Waals surface area contributed by atoms with E-state index >= 15 is 0 Å². The average Bonchev–Trinajstić information content (AvgIpc) is 2.34. The van der Waals surface area contributed by atoms with E-state index in [2.05, 4.69) is 10.6 Å². The van der Waals surface area contributed by atoms with Gasteiger partial charge in [-0.2, -0.15) is 10.5 Å². The van der Waals surface area contributed by atoms with E-state index in [1.807, 2.05) is 12.1 Å². The minimum absolute atomic E-state index is 0.110. The highest BCUT2D eigenvalue weighted by molar-refractivity contribution is 5.73. The number of benzene rings is 1. The lowest BCUT2D eigenvalue weighted by molar-refractivity contribution is -0.118. The number of hydrogen-bond donors (Lipinski definition) is 2. The van der Waals surface area contributed by atoms with Crippen molar-refractivity contribution in [1.82, 2.24) is 5.32 Å². The van der Waals surface area contributed by atoms with Gasteiger partial charge < -0.3 is 10.6 Å². The van der Waals surface area contributed by atoms with Crippen LogP contribution < -0.4 is 10.6 Å². The molecule has 0 saturated heterocycles. The maximum absolute atomic E-state index is 10.7. The van der Waals surface area contributed by atoms with E-state index in [0.717, 1.165) is 0 Å². The first-order chi connectivity index (χ1) is 8.19. The predicted molar refractivity (Wildman–Crippen MR) is 63.0 cm³/mol. The van der Waals surface area contributed by atoms with Gasteiger partial charge in [-0.25, -0.2) is 0 Å². The van der Waals surface area contributed by atoms with E-state index in [-0.39, 0.29) is 5.91 Å². The molecule has 0 atom stereocenters. The molecule has 0 heterocycles. The van der Waals surface area contributed by atoms with Crippen LogP contribution in [0.15, 0.2) is 18.2 Å². The van der Waals surface area contributed by atoms with Crippen molar-refractivity contribution in [3.8, 4) is 12.1 Å². The fraction of sp³-hybridized carbons (Fsp3) is 0.250. The Labute approximate surface area is 99.7 Å². The van der Waals surface area contributed by atoms with Crippen molar-refractivity contribution in [2.24, 2.45) is 0 Å². The molecule has 86 valence electrons. The summed E-state index contributed by atoms with van der Waals surface area (Å²) in [5.41, 5.74) is 1.36. The summed E-state index contributed by atoms with van der Waals surface area (Å²) in [5.74, 6) is -0.110. The fourth-order valence-electron chi connectivity index (χ4n) is 1.36. The Balaban J connectivity index is 2.73. The quantitative estimate of drug-likeness (QED) is 0.752. The molecule has 2 N–H and O–H groups in total. The molecule has 0 unspecified atom stereocenters. The normalized spacial score (nSPS) is 8.88. The average molecular weight is 228 g/mol. The van der Waals surface area contributed by atoms with E-state index < -0.39 is 0 Å². The molecule has 0 aliphatic carbocycles. The SMILES string of the molecule is CC(=O)NCCNc1c(C#N)cccc1C#N. The molecular weight excluding hydrogens is 216 g/mol. The Kier molecular flexibility index (Phi) is 4.53. The van der Waals surface area contributed by atoms with Gasteiger partial charge in [0.15, 0.2) is 0 Å². The molecule has 0 aromatic heterocycles. The maximum atomic E-state index is 10.7. The van der Waals surface area contributed by atoms with Gasteiger partial charge in [0, 0.05) is 20.0 Å². The summed E-state index contributed by atoms with van der Waals surface area (Å²) in [7, 11) is 0. The van der Waals surface area contributed by atoms with Gasteiger partial charge in [-0.15, -0.1) is 0 Å². The third-order valence-corrected chi connectivity index (χ3v) is 2.11. The first-order valence-corrected chi connectivity index (χ1v) is 5.10. The molecule has 17 heavy (non-hydrogen) atoms. The number of nitriles is 2. The van der Waals surface area contributed by atoms with Crippen LogP contribution in [0.25, 0.3) is 0 Å². The van der Waals surface area contributed by atoms with Crippen LogP contribution in [0, 0.1) is 22.7 Å². The van der Waals surface area contributed by atoms with Crippen LogP contribution in [0.2, 0.25) is 0 Å². The van der Waals surface area contributed by atoms with Gasteiger partial charge in [0.25, 0.3) is 0 Å². The zero-order valence-corrected chi connectivity index (χ0v) is 9.45. The summed E-state index contributed by atoms with van der Waals surface area (Å²) in [6.45, 7) is 2.34. The molecule has 1 aromatic carbocycles. The highest BCUT2D eigenvalue weighted by Gasteiger charge is 2.06. The highest BCUT2D eigenvalue weighted by Crippen LogP contribution is 2.19. The molecule has 0 fully saturated rings. The van der Waals surface area contributed by atoms with Gasteiger partial charge in [0.05, 0.1) is 16.8 Å². The Hall–Kier alpha value is -2.53. The van der Waals surface area contributed by atoms with Crippen LogP contribution in [-0.2, 0) is 4.79 Å². The van der Waals surface area contributed by atoms with E-state index in [0.29, 0.717) is 29.9 Å². The highest BCUT2D eigenvalue weighted by atomic mass is 16.1. The Morgan fingerprint density at radius 1 is 1.24 bits per heavy atom. The molecule has 0 saturated carbocycles. The van der Waals surface area contributed by atoms with Crippen molar-refractivity contribution in [3.05, 3.63) is 29.3 Å². The minimum atomic E-state index is -0.110. The van der Waals surface area contributed by atoms with Gasteiger partial charge in [0.2, 0.25) is 5.91 Å². The monoisotopic (exact) mass is 228 g/mol. The number of carbonyl (C=O) groups is 1. The first kappa shape index (κ1) is 12.5. The van der Waals surface area contributed by atoms with Crippen LogP contribution in [0.4, 0.5) is 5.69 Å². The van der Waals surface area contributed by atoms with Crippen molar-refractivity contribution in [3.63, 3.8) is 0 Å². The van der Waals surface area contributed by atoms with Crippen LogP contribution >= 0.6 is 0 Å². The standard InChI is InChI=1S/C12H12N4O/c1-9(17)15-5-6-16-12-10(7-13)3-2-4-11(12)8-14/h2-4,16H,5-6H2,1H3,(H,15,17). The number of hydrogen-bond acceptors (Lipinski definition) is 4. The van der Waals surface area contributed by atoms with Crippen molar-refractivity contribution in [1.29, 1.82) is 10.5 Å². The molecule has 5 nitrogen and oxygen atoms in total. The maximum Gasteiger partial charge on any atom is 0.216 e. The smallest absolute Gasteiger partial charge is 0.216 e. The summed E-state index contributed by atoms with van der Waals surface area (Å²) >= 11 is 0. The molecule has 0 radical (unpaired) electrons. The molecule has 1 rings (SSSR count). The Bertz CT molecular complexity index is 464. The second-order valence-corrected chi connectivity index (χ2v) is 3.36. The van der Waals surface area contributed by atoms with E-state index in [9.17, 15) is 4.79 Å². The van der Waals surface area contributed by atoms with Crippen molar-refractivity contribution < 1.29 is 4.79 Å². The van der Waals surface area contributed by atoms with Crippen molar-refractivity contribution in [2.45, 2.75) is 6.92 Å². The Morgan fingerprint density at radius 2 is 1.82 bits per heavy atom. The molecule has 0 aliphatic rings. The minimum Gasteiger partial charge on any atom is -0.381 e. The van der Waals surface area contributed by atoms with Gasteiger partial charge in [0.1, 0.15) is 12.1 Å². The van der Waals surface area contributed by atoms with Gasteiger partial charge in [-0.1, -0.05) is 6.07 Å². The number of nitrogens with one attached hydrogen (secondary N) is 2. The molecule has 0 spiro atoms. The molecule has 1 amide bonds. The molecule has 5 heteroatoms. The Morgan fingerprint density at radius 3 is 2.29 bits per heavy atom. The number of anilines is 1. The van der Waals surface area contributed by atoms with Crippen LogP contribution in [0.3, 0.4) is 0 Å². The fourth-order valence-corrected chi connectivity index (χ4v) is 1.36. The first-order valence-electron chi connectivity index (χ1n) is 5.10. The van der Waals surface area contributed by atoms with E-state index in [1.54, 1.807) is 18.2 Å². The van der Waals surface area contributed by atoms with E-state index in [4.69, 9.17) is 10.5 Å². The third kappa shape index (κ3) is 3.51. The number of amides is 1. The zero-order valence-electron chi connectivity index (χ0n) is 9.45. The van der Waals surface area contributed by atoms with Gasteiger partial charge in [-0.05, 0) is 12.1 Å². The lowest BCUT2D eigenvalue weighted by Crippen LogP contribution is -2.26. The summed E-state index contributed by atoms with van der Waals surface area (Å²) < 4.78 is 0. The number of rotatable bonds is 4. The predicted octanol–water partition coefficient (Wildman–Crippen LogP) is 0.978.